The molecule has 19 heavy (non-hydrogen) atoms. The van der Waals surface area contributed by atoms with Crippen molar-refractivity contribution in [1.29, 1.82) is 0 Å². The lowest BCUT2D eigenvalue weighted by Gasteiger charge is -2.22. The van der Waals surface area contributed by atoms with Gasteiger partial charge in [-0.3, -0.25) is 14.3 Å². The summed E-state index contributed by atoms with van der Waals surface area (Å²) in [5, 5.41) is 21.3. The van der Waals surface area contributed by atoms with Gasteiger partial charge in [0.1, 0.15) is 17.1 Å². The van der Waals surface area contributed by atoms with Gasteiger partial charge in [-0.2, -0.15) is 0 Å². The van der Waals surface area contributed by atoms with Crippen LogP contribution in [0.2, 0.25) is 0 Å². The zero-order valence-electron chi connectivity index (χ0n) is 11.1. The summed E-state index contributed by atoms with van der Waals surface area (Å²) in [6, 6.07) is 0. The van der Waals surface area contributed by atoms with Crippen molar-refractivity contribution in [3.63, 3.8) is 0 Å². The average molecular weight is 272 g/mol. The highest BCUT2D eigenvalue weighted by Gasteiger charge is 2.20. The Bertz CT molecular complexity index is 547. The molecule has 1 aromatic heterocycles. The van der Waals surface area contributed by atoms with Gasteiger partial charge >= 0.3 is 5.69 Å². The Kier molecular flexibility index (Phi) is 4.73. The van der Waals surface area contributed by atoms with Crippen LogP contribution in [0, 0.1) is 0 Å². The van der Waals surface area contributed by atoms with Crippen LogP contribution in [0.5, 0.6) is 0 Å². The number of anilines is 2. The fourth-order valence-corrected chi connectivity index (χ4v) is 1.54. The van der Waals surface area contributed by atoms with Gasteiger partial charge in [-0.25, -0.2) is 4.79 Å². The monoisotopic (exact) mass is 272 g/mol. The van der Waals surface area contributed by atoms with Gasteiger partial charge in [0.05, 0.1) is 6.61 Å². The van der Waals surface area contributed by atoms with E-state index in [0.29, 0.717) is 13.0 Å². The summed E-state index contributed by atoms with van der Waals surface area (Å²) in [6.07, 6.45) is 0.684. The summed E-state index contributed by atoms with van der Waals surface area (Å²) < 4.78 is 1.25. The molecule has 0 aromatic carbocycles. The van der Waals surface area contributed by atoms with Crippen molar-refractivity contribution < 1.29 is 10.2 Å². The van der Waals surface area contributed by atoms with Crippen LogP contribution in [0.25, 0.3) is 0 Å². The van der Waals surface area contributed by atoms with E-state index in [0.717, 1.165) is 0 Å². The molecule has 0 fully saturated rings. The number of nitrogens with two attached hydrogens (primary N) is 1. The van der Waals surface area contributed by atoms with Gasteiger partial charge in [0.25, 0.3) is 5.56 Å². The first-order chi connectivity index (χ1) is 8.82. The molecule has 0 saturated heterocycles. The van der Waals surface area contributed by atoms with Crippen LogP contribution in [-0.2, 0) is 6.54 Å². The van der Waals surface area contributed by atoms with Crippen molar-refractivity contribution in [2.75, 3.05) is 24.2 Å². The van der Waals surface area contributed by atoms with E-state index in [-0.39, 0.29) is 18.1 Å². The van der Waals surface area contributed by atoms with E-state index in [4.69, 9.17) is 10.8 Å². The number of nitrogens with one attached hydrogen (secondary N) is 2. The molecule has 6 N–H and O–H groups in total. The number of aliphatic hydroxyl groups excluding tert-OH is 1. The van der Waals surface area contributed by atoms with E-state index in [1.54, 1.807) is 0 Å². The minimum atomic E-state index is -1.38. The Morgan fingerprint density at radius 3 is 2.63 bits per heavy atom. The average Bonchev–Trinajstić information content (AvgIpc) is 2.34. The minimum absolute atomic E-state index is 0.0155. The molecule has 1 unspecified atom stereocenters. The van der Waals surface area contributed by atoms with Crippen molar-refractivity contribution in [3.05, 3.63) is 20.8 Å². The van der Waals surface area contributed by atoms with Crippen molar-refractivity contribution in [2.24, 2.45) is 0 Å². The quantitative estimate of drug-likeness (QED) is 0.436. The third kappa shape index (κ3) is 3.58. The maximum atomic E-state index is 11.7. The molecular formula is C11H20N4O4. The van der Waals surface area contributed by atoms with Gasteiger partial charge in [0.2, 0.25) is 0 Å². The number of hydrogen-bond donors (Lipinski definition) is 5. The van der Waals surface area contributed by atoms with Crippen LogP contribution in [0.15, 0.2) is 9.59 Å². The van der Waals surface area contributed by atoms with Crippen LogP contribution in [0.3, 0.4) is 0 Å². The van der Waals surface area contributed by atoms with Crippen molar-refractivity contribution in [2.45, 2.75) is 32.4 Å². The Labute approximate surface area is 109 Å². The van der Waals surface area contributed by atoms with Crippen LogP contribution in [0.4, 0.5) is 11.5 Å². The minimum Gasteiger partial charge on any atom is -0.393 e. The van der Waals surface area contributed by atoms with Gasteiger partial charge in [0, 0.05) is 13.1 Å². The maximum Gasteiger partial charge on any atom is 0.330 e. The van der Waals surface area contributed by atoms with E-state index in [1.807, 2.05) is 6.92 Å². The van der Waals surface area contributed by atoms with Gasteiger partial charge < -0.3 is 21.3 Å². The molecule has 1 heterocycles. The van der Waals surface area contributed by atoms with Gasteiger partial charge in [-0.05, 0) is 13.3 Å². The van der Waals surface area contributed by atoms with Crippen LogP contribution in [-0.4, -0.2) is 38.5 Å². The first-order valence-electron chi connectivity index (χ1n) is 6.02. The fourth-order valence-electron chi connectivity index (χ4n) is 1.54. The molecule has 0 bridgehead atoms. The smallest absolute Gasteiger partial charge is 0.330 e. The first-order valence-corrected chi connectivity index (χ1v) is 6.02. The highest BCUT2D eigenvalue weighted by Crippen LogP contribution is 2.12. The molecule has 0 aliphatic rings. The molecule has 8 heteroatoms. The Morgan fingerprint density at radius 2 is 2.11 bits per heavy atom. The number of aromatic amines is 1. The molecule has 0 aliphatic heterocycles. The number of nitrogens with zero attached hydrogens (tertiary/aromatic N) is 1. The number of hydrogen-bond acceptors (Lipinski definition) is 6. The zero-order chi connectivity index (χ0) is 14.6. The highest BCUT2D eigenvalue weighted by molar-refractivity contribution is 5.60. The van der Waals surface area contributed by atoms with Crippen LogP contribution < -0.4 is 22.3 Å². The molecule has 0 spiro atoms. The SMILES string of the molecule is CCCn1c(N)c(NCC(C)(O)CO)c(=O)[nH]c1=O. The summed E-state index contributed by atoms with van der Waals surface area (Å²) in [5.74, 6) is 0.0179. The first kappa shape index (κ1) is 15.3. The van der Waals surface area contributed by atoms with Crippen LogP contribution >= 0.6 is 0 Å². The maximum absolute atomic E-state index is 11.7. The predicted molar refractivity (Wildman–Crippen MR) is 72.2 cm³/mol. The molecule has 8 nitrogen and oxygen atoms in total. The predicted octanol–water partition coefficient (Wildman–Crippen LogP) is -1.32. The molecule has 0 amide bonds. The third-order valence-electron chi connectivity index (χ3n) is 2.67. The zero-order valence-corrected chi connectivity index (χ0v) is 11.1. The summed E-state index contributed by atoms with van der Waals surface area (Å²) in [6.45, 7) is 3.13. The molecular weight excluding hydrogens is 252 g/mol. The number of H-pyrrole nitrogens is 1. The molecule has 0 radical (unpaired) electrons. The van der Waals surface area contributed by atoms with Crippen molar-refractivity contribution in [1.82, 2.24) is 9.55 Å². The molecule has 1 aromatic rings. The summed E-state index contributed by atoms with van der Waals surface area (Å²) >= 11 is 0. The van der Waals surface area contributed by atoms with Gasteiger partial charge in [-0.1, -0.05) is 6.92 Å². The Hall–Kier alpha value is -1.80. The Morgan fingerprint density at radius 1 is 1.47 bits per heavy atom. The van der Waals surface area contributed by atoms with Crippen LogP contribution in [0.1, 0.15) is 20.3 Å². The molecule has 108 valence electrons. The van der Waals surface area contributed by atoms with E-state index < -0.39 is 23.5 Å². The summed E-state index contributed by atoms with van der Waals surface area (Å²) in [4.78, 5) is 25.4. The Balaban J connectivity index is 3.11. The second kappa shape index (κ2) is 5.89. The number of aliphatic hydroxyl groups is 2. The summed E-state index contributed by atoms with van der Waals surface area (Å²) in [5.41, 5.74) is 3.19. The topological polar surface area (TPSA) is 133 Å². The number of rotatable bonds is 6. The highest BCUT2D eigenvalue weighted by atomic mass is 16.3. The summed E-state index contributed by atoms with van der Waals surface area (Å²) in [7, 11) is 0. The van der Waals surface area contributed by atoms with Gasteiger partial charge in [-0.15, -0.1) is 0 Å². The number of aromatic nitrogens is 2. The second-order valence-electron chi connectivity index (χ2n) is 4.68. The van der Waals surface area contributed by atoms with Crippen molar-refractivity contribution >= 4 is 11.5 Å². The lowest BCUT2D eigenvalue weighted by atomic mass is 10.1. The van der Waals surface area contributed by atoms with E-state index in [1.165, 1.54) is 11.5 Å². The third-order valence-corrected chi connectivity index (χ3v) is 2.67. The largest absolute Gasteiger partial charge is 0.393 e. The lowest BCUT2D eigenvalue weighted by molar-refractivity contribution is 0.0132. The van der Waals surface area contributed by atoms with E-state index in [9.17, 15) is 14.7 Å². The molecule has 1 atom stereocenters. The molecule has 0 aliphatic carbocycles. The van der Waals surface area contributed by atoms with Gasteiger partial charge in [0.15, 0.2) is 0 Å². The lowest BCUT2D eigenvalue weighted by Crippen LogP contribution is -2.40. The molecule has 1 rings (SSSR count). The normalized spacial score (nSPS) is 14.1. The van der Waals surface area contributed by atoms with E-state index >= 15 is 0 Å². The number of nitrogen functional groups attached to an aromatic ring is 1. The fraction of sp³-hybridized carbons (Fsp3) is 0.636. The second-order valence-corrected chi connectivity index (χ2v) is 4.68. The standard InChI is InChI=1S/C11H20N4O4/c1-3-4-15-8(12)7(9(17)14-10(15)18)13-5-11(2,19)6-16/h13,16,19H,3-6,12H2,1-2H3,(H,14,17,18). The van der Waals surface area contributed by atoms with Crippen molar-refractivity contribution in [3.8, 4) is 0 Å². The van der Waals surface area contributed by atoms with E-state index in [2.05, 4.69) is 10.3 Å². The molecule has 0 saturated carbocycles.